The predicted molar refractivity (Wildman–Crippen MR) is 83.2 cm³/mol. The first-order valence-corrected chi connectivity index (χ1v) is 6.88. The number of rotatable bonds is 2. The number of aromatic nitrogens is 4. The number of para-hydroxylation sites is 1. The highest BCUT2D eigenvalue weighted by molar-refractivity contribution is 5.91. The fourth-order valence-electron chi connectivity index (χ4n) is 2.55. The number of anilines is 1. The second-order valence-electron chi connectivity index (χ2n) is 5.01. The molecule has 0 aliphatic heterocycles. The molecular weight excluding hydrogens is 278 g/mol. The molecule has 1 atom stereocenters. The van der Waals surface area contributed by atoms with Gasteiger partial charge >= 0.3 is 0 Å². The molecule has 0 unspecified atom stereocenters. The van der Waals surface area contributed by atoms with E-state index in [0.29, 0.717) is 11.5 Å². The van der Waals surface area contributed by atoms with E-state index < -0.39 is 6.10 Å². The van der Waals surface area contributed by atoms with Gasteiger partial charge in [-0.1, -0.05) is 42.5 Å². The molecule has 22 heavy (non-hydrogen) atoms. The van der Waals surface area contributed by atoms with E-state index in [2.05, 4.69) is 15.1 Å². The molecule has 0 radical (unpaired) electrons. The maximum Gasteiger partial charge on any atom is 0.240 e. The van der Waals surface area contributed by atoms with Crippen molar-refractivity contribution < 1.29 is 5.11 Å². The molecule has 2 aromatic heterocycles. The van der Waals surface area contributed by atoms with Crippen molar-refractivity contribution in [2.75, 3.05) is 5.73 Å². The lowest BCUT2D eigenvalue weighted by molar-refractivity contribution is 0.207. The molecule has 2 aromatic carbocycles. The van der Waals surface area contributed by atoms with Crippen LogP contribution in [0.15, 0.2) is 54.6 Å². The van der Waals surface area contributed by atoms with Crippen molar-refractivity contribution in [1.82, 2.24) is 19.6 Å². The summed E-state index contributed by atoms with van der Waals surface area (Å²) in [4.78, 5) is 8.80. The second-order valence-corrected chi connectivity index (χ2v) is 5.01. The molecule has 0 fully saturated rings. The van der Waals surface area contributed by atoms with E-state index in [9.17, 15) is 5.11 Å². The number of hydrogen-bond acceptors (Lipinski definition) is 5. The number of nitrogen functional groups attached to an aromatic ring is 1. The van der Waals surface area contributed by atoms with Gasteiger partial charge in [-0.2, -0.15) is 9.50 Å². The first-order chi connectivity index (χ1) is 10.7. The zero-order valence-corrected chi connectivity index (χ0v) is 11.6. The van der Waals surface area contributed by atoms with Crippen LogP contribution >= 0.6 is 0 Å². The van der Waals surface area contributed by atoms with E-state index in [4.69, 9.17) is 5.73 Å². The van der Waals surface area contributed by atoms with Crippen LogP contribution in [0.25, 0.3) is 16.6 Å². The zero-order chi connectivity index (χ0) is 15.1. The van der Waals surface area contributed by atoms with Crippen LogP contribution < -0.4 is 5.73 Å². The van der Waals surface area contributed by atoms with Crippen LogP contribution in [-0.4, -0.2) is 24.7 Å². The number of aliphatic hydroxyl groups is 1. The fourth-order valence-corrected chi connectivity index (χ4v) is 2.55. The third-order valence-corrected chi connectivity index (χ3v) is 3.58. The van der Waals surface area contributed by atoms with Gasteiger partial charge in [0.1, 0.15) is 6.10 Å². The summed E-state index contributed by atoms with van der Waals surface area (Å²) in [6, 6.07) is 16.9. The van der Waals surface area contributed by atoms with Crippen LogP contribution in [0.5, 0.6) is 0 Å². The first-order valence-electron chi connectivity index (χ1n) is 6.88. The Balaban J connectivity index is 2.03. The third kappa shape index (κ3) is 1.89. The molecule has 0 amide bonds. The normalized spacial score (nSPS) is 12.8. The standard InChI is InChI=1S/C16H13N5O/c17-16-19-14-11-8-4-5-9-12(11)18-15(21(14)20-16)13(22)10-6-2-1-3-7-10/h1-9,13,22H,(H2,17,20)/t13-/m0/s1. The zero-order valence-electron chi connectivity index (χ0n) is 11.6. The summed E-state index contributed by atoms with van der Waals surface area (Å²) in [7, 11) is 0. The molecule has 0 aliphatic carbocycles. The Morgan fingerprint density at radius 1 is 0.955 bits per heavy atom. The Labute approximate surface area is 125 Å². The van der Waals surface area contributed by atoms with Gasteiger partial charge in [-0.25, -0.2) is 4.98 Å². The van der Waals surface area contributed by atoms with E-state index in [1.165, 1.54) is 4.52 Å². The Morgan fingerprint density at radius 3 is 2.50 bits per heavy atom. The molecule has 4 rings (SSSR count). The average Bonchev–Trinajstić information content (AvgIpc) is 2.96. The van der Waals surface area contributed by atoms with Gasteiger partial charge < -0.3 is 10.8 Å². The minimum absolute atomic E-state index is 0.152. The number of benzene rings is 2. The van der Waals surface area contributed by atoms with E-state index in [0.717, 1.165) is 16.5 Å². The molecule has 2 heterocycles. The maximum atomic E-state index is 10.7. The molecular formula is C16H13N5O. The van der Waals surface area contributed by atoms with E-state index >= 15 is 0 Å². The van der Waals surface area contributed by atoms with Gasteiger partial charge in [0.05, 0.1) is 5.52 Å². The number of fused-ring (bicyclic) bond motifs is 3. The summed E-state index contributed by atoms with van der Waals surface area (Å²) in [5.74, 6) is 0.545. The lowest BCUT2D eigenvalue weighted by atomic mass is 10.1. The number of hydrogen-bond donors (Lipinski definition) is 2. The number of nitrogens with two attached hydrogens (primary N) is 1. The lowest BCUT2D eigenvalue weighted by Gasteiger charge is -2.12. The highest BCUT2D eigenvalue weighted by atomic mass is 16.3. The minimum atomic E-state index is -0.908. The van der Waals surface area contributed by atoms with Crippen LogP contribution in [0, 0.1) is 0 Å². The summed E-state index contributed by atoms with van der Waals surface area (Å²) in [5.41, 5.74) is 7.81. The summed E-state index contributed by atoms with van der Waals surface area (Å²) in [6.07, 6.45) is -0.908. The van der Waals surface area contributed by atoms with Gasteiger partial charge in [-0.3, -0.25) is 0 Å². The second kappa shape index (κ2) is 4.78. The highest BCUT2D eigenvalue weighted by Crippen LogP contribution is 2.25. The molecule has 0 bridgehead atoms. The minimum Gasteiger partial charge on any atom is -0.380 e. The Hall–Kier alpha value is -2.99. The molecule has 6 heteroatoms. The Morgan fingerprint density at radius 2 is 1.68 bits per heavy atom. The van der Waals surface area contributed by atoms with Gasteiger partial charge in [0.15, 0.2) is 11.5 Å². The van der Waals surface area contributed by atoms with Gasteiger partial charge in [0.25, 0.3) is 0 Å². The van der Waals surface area contributed by atoms with E-state index in [1.807, 2.05) is 54.6 Å². The topological polar surface area (TPSA) is 89.3 Å². The van der Waals surface area contributed by atoms with Crippen molar-refractivity contribution in [3.63, 3.8) is 0 Å². The van der Waals surface area contributed by atoms with E-state index in [-0.39, 0.29) is 5.95 Å². The molecule has 0 saturated carbocycles. The predicted octanol–water partition coefficient (Wildman–Crippen LogP) is 1.94. The average molecular weight is 291 g/mol. The van der Waals surface area contributed by atoms with Gasteiger partial charge in [0.2, 0.25) is 5.95 Å². The van der Waals surface area contributed by atoms with Crippen molar-refractivity contribution >= 4 is 22.5 Å². The van der Waals surface area contributed by atoms with Crippen LogP contribution in [0.2, 0.25) is 0 Å². The molecule has 0 saturated heterocycles. The summed E-state index contributed by atoms with van der Waals surface area (Å²) in [5, 5.41) is 15.7. The summed E-state index contributed by atoms with van der Waals surface area (Å²) < 4.78 is 1.51. The molecule has 108 valence electrons. The Kier molecular flexibility index (Phi) is 2.77. The summed E-state index contributed by atoms with van der Waals surface area (Å²) in [6.45, 7) is 0. The quantitative estimate of drug-likeness (QED) is 0.589. The summed E-state index contributed by atoms with van der Waals surface area (Å²) >= 11 is 0. The van der Waals surface area contributed by atoms with Gasteiger partial charge in [-0.05, 0) is 17.7 Å². The molecule has 0 spiro atoms. The Bertz CT molecular complexity index is 964. The van der Waals surface area contributed by atoms with Gasteiger partial charge in [-0.15, -0.1) is 5.10 Å². The maximum absolute atomic E-state index is 10.7. The van der Waals surface area contributed by atoms with Crippen LogP contribution in [0.1, 0.15) is 17.5 Å². The van der Waals surface area contributed by atoms with E-state index in [1.54, 1.807) is 0 Å². The van der Waals surface area contributed by atoms with Crippen molar-refractivity contribution in [1.29, 1.82) is 0 Å². The van der Waals surface area contributed by atoms with Gasteiger partial charge in [0, 0.05) is 5.39 Å². The van der Waals surface area contributed by atoms with Crippen molar-refractivity contribution in [2.24, 2.45) is 0 Å². The fraction of sp³-hybridized carbons (Fsp3) is 0.0625. The highest BCUT2D eigenvalue weighted by Gasteiger charge is 2.19. The lowest BCUT2D eigenvalue weighted by Crippen LogP contribution is -2.10. The number of nitrogens with zero attached hydrogens (tertiary/aromatic N) is 4. The largest absolute Gasteiger partial charge is 0.380 e. The first kappa shape index (κ1) is 12.7. The SMILES string of the molecule is Nc1nc2c3ccccc3nc([C@@H](O)c3ccccc3)n2n1. The van der Waals surface area contributed by atoms with Crippen LogP contribution in [-0.2, 0) is 0 Å². The molecule has 6 nitrogen and oxygen atoms in total. The molecule has 0 aliphatic rings. The molecule has 3 N–H and O–H groups in total. The van der Waals surface area contributed by atoms with Crippen LogP contribution in [0.3, 0.4) is 0 Å². The van der Waals surface area contributed by atoms with Crippen LogP contribution in [0.4, 0.5) is 5.95 Å². The molecule has 4 aromatic rings. The van der Waals surface area contributed by atoms with Crippen molar-refractivity contribution in [2.45, 2.75) is 6.10 Å². The number of aliphatic hydroxyl groups excluding tert-OH is 1. The van der Waals surface area contributed by atoms with Crippen molar-refractivity contribution in [3.8, 4) is 0 Å². The third-order valence-electron chi connectivity index (χ3n) is 3.58. The van der Waals surface area contributed by atoms with Crippen molar-refractivity contribution in [3.05, 3.63) is 66.0 Å². The monoisotopic (exact) mass is 291 g/mol. The smallest absolute Gasteiger partial charge is 0.240 e.